The lowest BCUT2D eigenvalue weighted by Gasteiger charge is -2.11. The third-order valence-electron chi connectivity index (χ3n) is 4.25. The van der Waals surface area contributed by atoms with Crippen LogP contribution in [0.2, 0.25) is 0 Å². The number of hydrogen-bond donors (Lipinski definition) is 0. The van der Waals surface area contributed by atoms with Gasteiger partial charge in [0.2, 0.25) is 0 Å². The van der Waals surface area contributed by atoms with E-state index in [1.54, 1.807) is 13.8 Å². The minimum absolute atomic E-state index is 0.0202. The fraction of sp³-hybridized carbons (Fsp3) is 0.500. The molecule has 0 N–H and O–H groups in total. The molecule has 1 aromatic carbocycles. The number of halogens is 2. The first-order valence-electron chi connectivity index (χ1n) is 8.28. The fourth-order valence-corrected chi connectivity index (χ4v) is 3.73. The van der Waals surface area contributed by atoms with Crippen molar-refractivity contribution >= 4 is 21.4 Å². The molecule has 1 aliphatic rings. The average molecular weight is 372 g/mol. The number of ether oxygens (including phenoxy) is 1. The first-order chi connectivity index (χ1) is 11.8. The van der Waals surface area contributed by atoms with Crippen molar-refractivity contribution in [1.82, 2.24) is 0 Å². The van der Waals surface area contributed by atoms with Crippen molar-refractivity contribution in [2.45, 2.75) is 43.9 Å². The van der Waals surface area contributed by atoms with Crippen molar-refractivity contribution in [3.8, 4) is 0 Å². The van der Waals surface area contributed by atoms with Gasteiger partial charge < -0.3 is 4.74 Å². The fourth-order valence-electron chi connectivity index (χ4n) is 2.84. The third-order valence-corrected chi connectivity index (χ3v) is 6.00. The number of hydrogen-bond acceptors (Lipinski definition) is 4. The van der Waals surface area contributed by atoms with Gasteiger partial charge >= 0.3 is 5.97 Å². The summed E-state index contributed by atoms with van der Waals surface area (Å²) in [4.78, 5) is 12.4. The van der Waals surface area contributed by atoms with Gasteiger partial charge in [0.25, 0.3) is 0 Å². The summed E-state index contributed by atoms with van der Waals surface area (Å²) in [6, 6.07) is 5.87. The Labute approximate surface area is 146 Å². The molecular weight excluding hydrogens is 350 g/mol. The van der Waals surface area contributed by atoms with Crippen LogP contribution >= 0.6 is 0 Å². The molecule has 0 spiro atoms. The molecule has 1 aromatic rings. The maximum absolute atomic E-state index is 13.4. The Morgan fingerprint density at radius 1 is 1.16 bits per heavy atom. The van der Waals surface area contributed by atoms with Crippen molar-refractivity contribution in [3.05, 3.63) is 35.9 Å². The lowest BCUT2D eigenvalue weighted by atomic mass is 9.98. The predicted octanol–water partition coefficient (Wildman–Crippen LogP) is 3.51. The summed E-state index contributed by atoms with van der Waals surface area (Å²) in [6.07, 6.45) is -1.48. The Hall–Kier alpha value is -1.76. The Morgan fingerprint density at radius 3 is 2.20 bits per heavy atom. The van der Waals surface area contributed by atoms with Crippen LogP contribution in [0.3, 0.4) is 0 Å². The van der Waals surface area contributed by atoms with Crippen LogP contribution in [0.1, 0.15) is 32.3 Å². The molecule has 0 saturated heterocycles. The first kappa shape index (κ1) is 19.6. The zero-order valence-corrected chi connectivity index (χ0v) is 15.1. The van der Waals surface area contributed by atoms with E-state index in [4.69, 9.17) is 4.74 Å². The Kier molecular flexibility index (Phi) is 6.32. The summed E-state index contributed by atoms with van der Waals surface area (Å²) in [5.41, 5.74) is 0.666. The van der Waals surface area contributed by atoms with Gasteiger partial charge in [-0.05, 0) is 43.4 Å². The summed E-state index contributed by atoms with van der Waals surface area (Å²) in [6.45, 7) is 3.38. The second kappa shape index (κ2) is 8.08. The van der Waals surface area contributed by atoms with E-state index in [1.807, 2.05) is 0 Å². The highest BCUT2D eigenvalue weighted by molar-refractivity contribution is 7.91. The molecular formula is C18H22F2O4S. The van der Waals surface area contributed by atoms with Crippen molar-refractivity contribution in [2.75, 3.05) is 12.4 Å². The van der Waals surface area contributed by atoms with Gasteiger partial charge in [-0.2, -0.15) is 0 Å². The summed E-state index contributed by atoms with van der Waals surface area (Å²) in [7, 11) is -3.34. The summed E-state index contributed by atoms with van der Waals surface area (Å²) in [5.74, 6) is -1.01. The topological polar surface area (TPSA) is 60.4 Å². The number of sulfone groups is 1. The number of benzene rings is 1. The predicted molar refractivity (Wildman–Crippen MR) is 91.3 cm³/mol. The molecule has 2 rings (SSSR count). The van der Waals surface area contributed by atoms with E-state index in [9.17, 15) is 22.0 Å². The quantitative estimate of drug-likeness (QED) is 0.566. The van der Waals surface area contributed by atoms with Crippen molar-refractivity contribution < 1.29 is 26.7 Å². The van der Waals surface area contributed by atoms with E-state index in [-0.39, 0.29) is 35.7 Å². The summed E-state index contributed by atoms with van der Waals surface area (Å²) in [5, 5.41) is 0. The average Bonchev–Trinajstić information content (AvgIpc) is 2.91. The van der Waals surface area contributed by atoms with Crippen LogP contribution in [-0.2, 0) is 19.4 Å². The van der Waals surface area contributed by atoms with Gasteiger partial charge in [-0.15, -0.1) is 0 Å². The minimum Gasteiger partial charge on any atom is -0.462 e. The standard InChI is InChI=1S/C18H22F2O4S/c1-3-24-18(21)15(9-12-10-16(19)17(20)11-12)13-5-7-14(8-6-13)25(22,23)4-2/h5-9,12,16-17H,3-4,10-11H2,1-2H3/b15-9+. The van der Waals surface area contributed by atoms with Crippen molar-refractivity contribution in [3.63, 3.8) is 0 Å². The van der Waals surface area contributed by atoms with Crippen LogP contribution in [0.15, 0.2) is 35.2 Å². The Bertz CT molecular complexity index is 731. The molecule has 7 heteroatoms. The minimum atomic E-state index is -3.34. The Balaban J connectivity index is 2.34. The monoisotopic (exact) mass is 372 g/mol. The van der Waals surface area contributed by atoms with Crippen LogP contribution in [-0.4, -0.2) is 39.1 Å². The molecule has 1 saturated carbocycles. The zero-order chi connectivity index (χ0) is 18.6. The largest absolute Gasteiger partial charge is 0.462 e. The number of rotatable bonds is 6. The molecule has 2 atom stereocenters. The van der Waals surface area contributed by atoms with Gasteiger partial charge in [-0.25, -0.2) is 22.0 Å². The highest BCUT2D eigenvalue weighted by Crippen LogP contribution is 2.34. The van der Waals surface area contributed by atoms with Gasteiger partial charge in [0.15, 0.2) is 9.84 Å². The van der Waals surface area contributed by atoms with Gasteiger partial charge in [-0.3, -0.25) is 0 Å². The molecule has 0 heterocycles. The van der Waals surface area contributed by atoms with Gasteiger partial charge in [-0.1, -0.05) is 25.1 Å². The molecule has 0 bridgehead atoms. The Morgan fingerprint density at radius 2 is 1.72 bits per heavy atom. The second-order valence-electron chi connectivity index (χ2n) is 5.99. The number of alkyl halides is 2. The molecule has 0 radical (unpaired) electrons. The van der Waals surface area contributed by atoms with E-state index < -0.39 is 34.1 Å². The third kappa shape index (κ3) is 4.66. The molecule has 1 fully saturated rings. The summed E-state index contributed by atoms with van der Waals surface area (Å²) >= 11 is 0. The normalized spacial score (nSPS) is 24.3. The van der Waals surface area contributed by atoms with E-state index in [0.29, 0.717) is 5.56 Å². The van der Waals surface area contributed by atoms with Crippen molar-refractivity contribution in [2.24, 2.45) is 5.92 Å². The van der Waals surface area contributed by atoms with Gasteiger partial charge in [0.05, 0.1) is 22.8 Å². The molecule has 138 valence electrons. The van der Waals surface area contributed by atoms with Crippen LogP contribution in [0.5, 0.6) is 0 Å². The van der Waals surface area contributed by atoms with E-state index in [0.717, 1.165) is 0 Å². The molecule has 25 heavy (non-hydrogen) atoms. The molecule has 0 amide bonds. The van der Waals surface area contributed by atoms with Gasteiger partial charge in [0.1, 0.15) is 12.3 Å². The zero-order valence-electron chi connectivity index (χ0n) is 14.2. The van der Waals surface area contributed by atoms with Crippen LogP contribution < -0.4 is 0 Å². The number of carbonyl (C=O) groups is 1. The number of esters is 1. The van der Waals surface area contributed by atoms with E-state index >= 15 is 0 Å². The first-order valence-corrected chi connectivity index (χ1v) is 9.94. The summed E-state index contributed by atoms with van der Waals surface area (Å²) < 4.78 is 55.6. The van der Waals surface area contributed by atoms with Crippen LogP contribution in [0.25, 0.3) is 5.57 Å². The smallest absolute Gasteiger partial charge is 0.338 e. The van der Waals surface area contributed by atoms with Crippen molar-refractivity contribution in [1.29, 1.82) is 0 Å². The molecule has 1 aliphatic carbocycles. The van der Waals surface area contributed by atoms with Crippen LogP contribution in [0, 0.1) is 5.92 Å². The molecule has 4 nitrogen and oxygen atoms in total. The lowest BCUT2D eigenvalue weighted by molar-refractivity contribution is -0.136. The van der Waals surface area contributed by atoms with Crippen LogP contribution in [0.4, 0.5) is 8.78 Å². The molecule has 0 aliphatic heterocycles. The van der Waals surface area contributed by atoms with Gasteiger partial charge in [0, 0.05) is 0 Å². The van der Waals surface area contributed by atoms with E-state index in [2.05, 4.69) is 0 Å². The van der Waals surface area contributed by atoms with E-state index in [1.165, 1.54) is 30.3 Å². The highest BCUT2D eigenvalue weighted by atomic mass is 32.2. The second-order valence-corrected chi connectivity index (χ2v) is 8.27. The molecule has 0 aromatic heterocycles. The maximum Gasteiger partial charge on any atom is 0.338 e. The number of carbonyl (C=O) groups excluding carboxylic acids is 1. The highest BCUT2D eigenvalue weighted by Gasteiger charge is 2.34. The SMILES string of the molecule is CCOC(=O)/C(=C/C1CC(F)C(F)C1)c1ccc(S(=O)(=O)CC)cc1. The lowest BCUT2D eigenvalue weighted by Crippen LogP contribution is -2.09. The number of allylic oxidation sites excluding steroid dienone is 1. The maximum atomic E-state index is 13.4. The molecule has 2 unspecified atom stereocenters.